The quantitative estimate of drug-likeness (QED) is 0.168. The lowest BCUT2D eigenvalue weighted by molar-refractivity contribution is 0.619. The molecule has 4 nitrogen and oxygen atoms in total. The zero-order valence-electron chi connectivity index (χ0n) is 28.7. The zero-order chi connectivity index (χ0) is 35.1. The molecule has 0 saturated carbocycles. The molecule has 0 aliphatic heterocycles. The van der Waals surface area contributed by atoms with E-state index in [0.717, 1.165) is 72.3 Å². The largest absolute Gasteiger partial charge is 0.455 e. The molecule has 0 aliphatic carbocycles. The van der Waals surface area contributed by atoms with Crippen molar-refractivity contribution in [2.24, 2.45) is 0 Å². The maximum Gasteiger partial charge on any atom is 0.227 e. The fraction of sp³-hybridized carbons (Fsp3) is 0. The average Bonchev–Trinajstić information content (AvgIpc) is 3.83. The Bertz CT molecular complexity index is 2860. The molecular formula is C49H32N2O2. The van der Waals surface area contributed by atoms with Gasteiger partial charge in [0.1, 0.15) is 16.7 Å². The van der Waals surface area contributed by atoms with Gasteiger partial charge < -0.3 is 13.7 Å². The Morgan fingerprint density at radius 1 is 0.396 bits per heavy atom. The fourth-order valence-electron chi connectivity index (χ4n) is 7.38. The van der Waals surface area contributed by atoms with Crippen LogP contribution in [0.4, 0.5) is 17.1 Å². The highest BCUT2D eigenvalue weighted by molar-refractivity contribution is 6.16. The summed E-state index contributed by atoms with van der Waals surface area (Å²) in [6.07, 6.45) is 0. The normalized spacial score (nSPS) is 11.4. The zero-order valence-corrected chi connectivity index (χ0v) is 28.7. The molecule has 0 saturated heterocycles. The monoisotopic (exact) mass is 680 g/mol. The lowest BCUT2D eigenvalue weighted by Crippen LogP contribution is -2.11. The van der Waals surface area contributed by atoms with Gasteiger partial charge in [0.15, 0.2) is 5.58 Å². The number of hydrogen-bond donors (Lipinski definition) is 0. The minimum atomic E-state index is 0.582. The molecule has 250 valence electrons. The van der Waals surface area contributed by atoms with Gasteiger partial charge in [-0.2, -0.15) is 0 Å². The number of nitrogens with zero attached hydrogens (tertiary/aromatic N) is 2. The number of para-hydroxylation sites is 2. The summed E-state index contributed by atoms with van der Waals surface area (Å²) in [5, 5.41) is 2.06. The van der Waals surface area contributed by atoms with Crippen molar-refractivity contribution in [1.82, 2.24) is 4.98 Å². The van der Waals surface area contributed by atoms with Crippen LogP contribution in [0, 0.1) is 0 Å². The molecule has 53 heavy (non-hydrogen) atoms. The highest BCUT2D eigenvalue weighted by atomic mass is 16.4. The van der Waals surface area contributed by atoms with Gasteiger partial charge in [0.05, 0.1) is 11.3 Å². The van der Waals surface area contributed by atoms with E-state index in [1.54, 1.807) is 0 Å². The SMILES string of the molecule is c1ccc(-c2ccc(N(c3ccccc3)c3ccc(-c4c5oc(-c6ccccc6)nc5cc5c4oc4ccccc45)cc3)c(-c3ccccc3)c2)cc1. The summed E-state index contributed by atoms with van der Waals surface area (Å²) in [6, 6.07) is 67.5. The summed E-state index contributed by atoms with van der Waals surface area (Å²) in [5.41, 5.74) is 13.7. The second-order valence-electron chi connectivity index (χ2n) is 13.1. The molecule has 0 spiro atoms. The molecule has 4 heteroatoms. The number of rotatable bonds is 7. The van der Waals surface area contributed by atoms with E-state index in [1.807, 2.05) is 48.5 Å². The molecule has 0 N–H and O–H groups in total. The van der Waals surface area contributed by atoms with Crippen LogP contribution < -0.4 is 4.90 Å². The number of benzene rings is 8. The molecule has 2 heterocycles. The Labute approximate surface area is 306 Å². The van der Waals surface area contributed by atoms with Gasteiger partial charge in [-0.25, -0.2) is 4.98 Å². The molecule has 0 aliphatic rings. The number of hydrogen-bond acceptors (Lipinski definition) is 4. The van der Waals surface area contributed by atoms with E-state index in [4.69, 9.17) is 13.8 Å². The molecule has 8 aromatic carbocycles. The number of fused-ring (bicyclic) bond motifs is 4. The fourth-order valence-corrected chi connectivity index (χ4v) is 7.38. The maximum atomic E-state index is 6.59. The predicted octanol–water partition coefficient (Wildman–Crippen LogP) is 13.9. The molecule has 0 unspecified atom stereocenters. The van der Waals surface area contributed by atoms with Gasteiger partial charge in [-0.1, -0.05) is 133 Å². The molecular weight excluding hydrogens is 649 g/mol. The average molecular weight is 681 g/mol. The van der Waals surface area contributed by atoms with Crippen molar-refractivity contribution in [1.29, 1.82) is 0 Å². The van der Waals surface area contributed by atoms with Crippen LogP contribution in [0.5, 0.6) is 0 Å². The lowest BCUT2D eigenvalue weighted by Gasteiger charge is -2.28. The molecule has 0 bridgehead atoms. The molecule has 0 fully saturated rings. The first-order valence-corrected chi connectivity index (χ1v) is 17.8. The molecule has 10 aromatic rings. The molecule has 10 rings (SSSR count). The van der Waals surface area contributed by atoms with Gasteiger partial charge in [0.25, 0.3) is 0 Å². The van der Waals surface area contributed by atoms with E-state index < -0.39 is 0 Å². The number of furan rings is 1. The highest BCUT2D eigenvalue weighted by Gasteiger charge is 2.23. The molecule has 0 atom stereocenters. The first-order chi connectivity index (χ1) is 26.3. The Balaban J connectivity index is 1.16. The second-order valence-corrected chi connectivity index (χ2v) is 13.1. The molecule has 2 aromatic heterocycles. The van der Waals surface area contributed by atoms with Crippen LogP contribution >= 0.6 is 0 Å². The number of aromatic nitrogens is 1. The summed E-state index contributed by atoms with van der Waals surface area (Å²) < 4.78 is 13.2. The Morgan fingerprint density at radius 2 is 0.981 bits per heavy atom. The van der Waals surface area contributed by atoms with E-state index in [1.165, 1.54) is 11.1 Å². The minimum Gasteiger partial charge on any atom is -0.455 e. The first-order valence-electron chi connectivity index (χ1n) is 17.8. The standard InChI is InChI=1S/C49H32N2O2/c1-5-15-33(16-6-1)37-27-30-44(41(31-37)34-17-7-2-8-18-34)51(38-21-11-4-12-22-38)39-28-25-35(26-29-39)46-47-42(40-23-13-14-24-45(40)52-47)32-43-48(46)53-49(50-43)36-19-9-3-10-20-36/h1-32H. The summed E-state index contributed by atoms with van der Waals surface area (Å²) in [6.45, 7) is 0. The van der Waals surface area contributed by atoms with Crippen LogP contribution in [0.2, 0.25) is 0 Å². The van der Waals surface area contributed by atoms with Crippen molar-refractivity contribution in [3.63, 3.8) is 0 Å². The van der Waals surface area contributed by atoms with Crippen molar-refractivity contribution in [2.45, 2.75) is 0 Å². The van der Waals surface area contributed by atoms with Crippen LogP contribution in [0.15, 0.2) is 203 Å². The summed E-state index contributed by atoms with van der Waals surface area (Å²) in [5.74, 6) is 0.582. The van der Waals surface area contributed by atoms with E-state index in [-0.39, 0.29) is 0 Å². The summed E-state index contributed by atoms with van der Waals surface area (Å²) in [7, 11) is 0. The third kappa shape index (κ3) is 5.45. The van der Waals surface area contributed by atoms with E-state index in [2.05, 4.69) is 150 Å². The second kappa shape index (κ2) is 12.9. The van der Waals surface area contributed by atoms with Gasteiger partial charge in [0, 0.05) is 33.3 Å². The molecule has 0 radical (unpaired) electrons. The Hall–Kier alpha value is -7.17. The minimum absolute atomic E-state index is 0.582. The van der Waals surface area contributed by atoms with Gasteiger partial charge >= 0.3 is 0 Å². The van der Waals surface area contributed by atoms with Gasteiger partial charge in [-0.15, -0.1) is 0 Å². The van der Waals surface area contributed by atoms with Gasteiger partial charge in [0.2, 0.25) is 5.89 Å². The van der Waals surface area contributed by atoms with Crippen LogP contribution in [0.3, 0.4) is 0 Å². The Morgan fingerprint density at radius 3 is 1.70 bits per heavy atom. The highest BCUT2D eigenvalue weighted by Crippen LogP contribution is 2.45. The number of oxazole rings is 1. The van der Waals surface area contributed by atoms with Gasteiger partial charge in [-0.3, -0.25) is 0 Å². The van der Waals surface area contributed by atoms with Gasteiger partial charge in [-0.05, 0) is 82.9 Å². The van der Waals surface area contributed by atoms with Crippen LogP contribution in [-0.2, 0) is 0 Å². The van der Waals surface area contributed by atoms with E-state index in [0.29, 0.717) is 11.5 Å². The van der Waals surface area contributed by atoms with E-state index >= 15 is 0 Å². The summed E-state index contributed by atoms with van der Waals surface area (Å²) in [4.78, 5) is 7.32. The van der Waals surface area contributed by atoms with Crippen molar-refractivity contribution in [3.8, 4) is 44.8 Å². The third-order valence-electron chi connectivity index (χ3n) is 9.90. The first kappa shape index (κ1) is 30.6. The van der Waals surface area contributed by atoms with Crippen LogP contribution in [-0.4, -0.2) is 4.98 Å². The topological polar surface area (TPSA) is 42.4 Å². The van der Waals surface area contributed by atoms with Crippen molar-refractivity contribution in [2.75, 3.05) is 4.90 Å². The third-order valence-corrected chi connectivity index (χ3v) is 9.90. The van der Waals surface area contributed by atoms with Crippen molar-refractivity contribution < 1.29 is 8.83 Å². The van der Waals surface area contributed by atoms with E-state index in [9.17, 15) is 0 Å². The van der Waals surface area contributed by atoms with Crippen LogP contribution in [0.25, 0.3) is 77.9 Å². The number of anilines is 3. The van der Waals surface area contributed by atoms with Crippen molar-refractivity contribution >= 4 is 50.1 Å². The maximum absolute atomic E-state index is 6.59. The molecule has 0 amide bonds. The Kier molecular flexibility index (Phi) is 7.43. The smallest absolute Gasteiger partial charge is 0.227 e. The predicted molar refractivity (Wildman–Crippen MR) is 218 cm³/mol. The summed E-state index contributed by atoms with van der Waals surface area (Å²) >= 11 is 0. The van der Waals surface area contributed by atoms with Crippen LogP contribution in [0.1, 0.15) is 0 Å². The lowest BCUT2D eigenvalue weighted by atomic mass is 9.96. The van der Waals surface area contributed by atoms with Crippen molar-refractivity contribution in [3.05, 3.63) is 194 Å².